The van der Waals surface area contributed by atoms with Crippen LogP contribution in [0.4, 0.5) is 8.78 Å². The number of alkyl halides is 4. The van der Waals surface area contributed by atoms with Gasteiger partial charge in [-0.3, -0.25) is 0 Å². The summed E-state index contributed by atoms with van der Waals surface area (Å²) in [6.45, 7) is 0.446. The van der Waals surface area contributed by atoms with E-state index in [2.05, 4.69) is 52.1 Å². The zero-order valence-corrected chi connectivity index (χ0v) is 8.82. The molecule has 8 heavy (non-hydrogen) atoms. The summed E-state index contributed by atoms with van der Waals surface area (Å²) in [5.74, 6) is 0. The second-order valence-electron chi connectivity index (χ2n) is 0.897. The third-order valence-electron chi connectivity index (χ3n) is 0.0714. The van der Waals surface area contributed by atoms with Crippen molar-refractivity contribution in [3.63, 3.8) is 0 Å². The topological polar surface area (TPSA) is 0 Å². The average molecular weight is 348 g/mol. The van der Waals surface area contributed by atoms with Crippen LogP contribution in [-0.4, -0.2) is 15.3 Å². The molecular formula is C4H8F2I2. The van der Waals surface area contributed by atoms with Crippen molar-refractivity contribution < 1.29 is 8.78 Å². The second-order valence-corrected chi connectivity index (χ2v) is 7.02. The molecule has 0 amide bonds. The smallest absolute Gasteiger partial charge is 0.118 e. The van der Waals surface area contributed by atoms with Crippen LogP contribution in [0, 0.1) is 0 Å². The highest BCUT2D eigenvalue weighted by atomic mass is 127. The van der Waals surface area contributed by atoms with E-state index < -0.39 is 13.3 Å². The van der Waals surface area contributed by atoms with Gasteiger partial charge in [-0.05, 0) is 6.92 Å². The van der Waals surface area contributed by atoms with E-state index in [9.17, 15) is 8.78 Å². The maximum absolute atomic E-state index is 10.3. The quantitative estimate of drug-likeness (QED) is 0.505. The van der Waals surface area contributed by atoms with Gasteiger partial charge >= 0.3 is 0 Å². The van der Waals surface area contributed by atoms with Crippen LogP contribution < -0.4 is 0 Å². The summed E-state index contributed by atoms with van der Waals surface area (Å²) in [7, 11) is 0. The van der Waals surface area contributed by atoms with Crippen LogP contribution in [0.2, 0.25) is 0 Å². The van der Waals surface area contributed by atoms with E-state index in [1.54, 1.807) is 0 Å². The summed E-state index contributed by atoms with van der Waals surface area (Å²) < 4.78 is 21.5. The molecule has 0 aliphatic rings. The highest BCUT2D eigenvalue weighted by Gasteiger charge is 1.73. The molecule has 0 aromatic heterocycles. The lowest BCUT2D eigenvalue weighted by molar-refractivity contribution is 0.380. The Kier molecular flexibility index (Phi) is 16.8. The lowest BCUT2D eigenvalue weighted by Gasteiger charge is -1.73. The lowest BCUT2D eigenvalue weighted by Crippen LogP contribution is -1.68. The number of hydrogen-bond donors (Lipinski definition) is 0. The Morgan fingerprint density at radius 1 is 1.25 bits per heavy atom. The molecule has 0 spiro atoms. The van der Waals surface area contributed by atoms with Gasteiger partial charge in [0.2, 0.25) is 0 Å². The SMILES string of the molecule is CC(I)I.FCCF. The first-order chi connectivity index (χ1) is 3.65. The molecule has 0 aromatic rings. The molecule has 0 unspecified atom stereocenters. The van der Waals surface area contributed by atoms with E-state index in [1.165, 1.54) is 0 Å². The third kappa shape index (κ3) is 54.3. The molecule has 4 heteroatoms. The van der Waals surface area contributed by atoms with Gasteiger partial charge in [-0.1, -0.05) is 45.2 Å². The van der Waals surface area contributed by atoms with E-state index in [4.69, 9.17) is 0 Å². The molecule has 0 radical (unpaired) electrons. The first-order valence-electron chi connectivity index (χ1n) is 2.05. The first kappa shape index (κ1) is 12.0. The van der Waals surface area contributed by atoms with Crippen molar-refractivity contribution >= 4 is 45.2 Å². The van der Waals surface area contributed by atoms with Gasteiger partial charge in [0.1, 0.15) is 13.3 Å². The van der Waals surface area contributed by atoms with Gasteiger partial charge in [-0.15, -0.1) is 0 Å². The van der Waals surface area contributed by atoms with Crippen molar-refractivity contribution in [2.75, 3.05) is 13.3 Å². The predicted molar refractivity (Wildman–Crippen MR) is 49.5 cm³/mol. The fourth-order valence-corrected chi connectivity index (χ4v) is 0. The predicted octanol–water partition coefficient (Wildman–Crippen LogP) is 3.13. The highest BCUT2D eigenvalue weighted by molar-refractivity contribution is 14.2. The summed E-state index contributed by atoms with van der Waals surface area (Å²) in [6, 6.07) is 0. The fraction of sp³-hybridized carbons (Fsp3) is 1.00. The van der Waals surface area contributed by atoms with Crippen LogP contribution in [0.15, 0.2) is 0 Å². The molecule has 0 saturated carbocycles. The zero-order valence-electron chi connectivity index (χ0n) is 4.50. The molecule has 0 heterocycles. The molecule has 0 atom stereocenters. The minimum atomic E-state index is -0.847. The Morgan fingerprint density at radius 2 is 1.38 bits per heavy atom. The van der Waals surface area contributed by atoms with Crippen molar-refractivity contribution in [2.45, 2.75) is 8.86 Å². The van der Waals surface area contributed by atoms with Crippen molar-refractivity contribution in [3.8, 4) is 0 Å². The van der Waals surface area contributed by atoms with E-state index in [0.717, 1.165) is 1.93 Å². The monoisotopic (exact) mass is 348 g/mol. The Labute approximate surface area is 75.7 Å². The minimum Gasteiger partial charge on any atom is -0.248 e. The average Bonchev–Trinajstić information content (AvgIpc) is 1.65. The van der Waals surface area contributed by atoms with Crippen LogP contribution in [0.5, 0.6) is 0 Å². The van der Waals surface area contributed by atoms with Gasteiger partial charge in [0.25, 0.3) is 0 Å². The van der Waals surface area contributed by atoms with E-state index >= 15 is 0 Å². The van der Waals surface area contributed by atoms with Crippen molar-refractivity contribution in [2.24, 2.45) is 0 Å². The molecule has 52 valence electrons. The van der Waals surface area contributed by atoms with Crippen LogP contribution in [0.1, 0.15) is 6.92 Å². The van der Waals surface area contributed by atoms with E-state index in [-0.39, 0.29) is 0 Å². The van der Waals surface area contributed by atoms with Crippen LogP contribution >= 0.6 is 45.2 Å². The maximum atomic E-state index is 10.3. The van der Waals surface area contributed by atoms with E-state index in [1.807, 2.05) is 0 Å². The van der Waals surface area contributed by atoms with E-state index in [0.29, 0.717) is 0 Å². The summed E-state index contributed by atoms with van der Waals surface area (Å²) in [4.78, 5) is 0. The van der Waals surface area contributed by atoms with Gasteiger partial charge in [-0.25, -0.2) is 8.78 Å². The number of hydrogen-bond acceptors (Lipinski definition) is 0. The van der Waals surface area contributed by atoms with Crippen LogP contribution in [-0.2, 0) is 0 Å². The van der Waals surface area contributed by atoms with Crippen molar-refractivity contribution in [1.29, 1.82) is 0 Å². The largest absolute Gasteiger partial charge is 0.248 e. The maximum Gasteiger partial charge on any atom is 0.118 e. The van der Waals surface area contributed by atoms with Gasteiger partial charge in [-0.2, -0.15) is 0 Å². The van der Waals surface area contributed by atoms with Crippen LogP contribution in [0.25, 0.3) is 0 Å². The van der Waals surface area contributed by atoms with Crippen molar-refractivity contribution in [3.05, 3.63) is 0 Å². The highest BCUT2D eigenvalue weighted by Crippen LogP contribution is 2.05. The zero-order chi connectivity index (χ0) is 6.99. The Hall–Kier alpha value is 1.32. The summed E-state index contributed by atoms with van der Waals surface area (Å²) in [5.41, 5.74) is 0. The fourth-order valence-electron chi connectivity index (χ4n) is 0. The lowest BCUT2D eigenvalue weighted by atomic mass is 10.9. The first-order valence-corrected chi connectivity index (χ1v) is 4.54. The minimum absolute atomic E-state index is 0.773. The third-order valence-corrected chi connectivity index (χ3v) is 0.0714. The normalized spacial score (nSPS) is 8.25. The molecule has 0 bridgehead atoms. The van der Waals surface area contributed by atoms with Gasteiger partial charge in [0.15, 0.2) is 0 Å². The number of rotatable bonds is 1. The van der Waals surface area contributed by atoms with Crippen LogP contribution in [0.3, 0.4) is 0 Å². The molecule has 0 N–H and O–H groups in total. The molecule has 0 nitrogen and oxygen atoms in total. The standard InChI is InChI=1S/C2H4F2.C2H4I2/c3-1-2-4;1-2(3)4/h1-2H2;2H,1H3. The van der Waals surface area contributed by atoms with Gasteiger partial charge < -0.3 is 0 Å². The molecular weight excluding hydrogens is 340 g/mol. The Bertz CT molecular complexity index is 28.5. The summed E-state index contributed by atoms with van der Waals surface area (Å²) in [6.07, 6.45) is 0. The van der Waals surface area contributed by atoms with Gasteiger partial charge in [0.05, 0.1) is 1.93 Å². The molecule has 0 aliphatic heterocycles. The molecule has 0 fully saturated rings. The molecule has 0 rings (SSSR count). The van der Waals surface area contributed by atoms with Gasteiger partial charge in [0, 0.05) is 0 Å². The molecule has 0 aromatic carbocycles. The molecule has 0 aliphatic carbocycles. The summed E-state index contributed by atoms with van der Waals surface area (Å²) >= 11 is 4.66. The Balaban J connectivity index is 0. The molecule has 0 saturated heterocycles. The Morgan fingerprint density at radius 3 is 1.38 bits per heavy atom. The second kappa shape index (κ2) is 11.2. The van der Waals surface area contributed by atoms with Crippen molar-refractivity contribution in [1.82, 2.24) is 0 Å². The number of halogens is 4. The summed E-state index contributed by atoms with van der Waals surface area (Å²) in [5, 5.41) is 0.